The van der Waals surface area contributed by atoms with E-state index in [0.29, 0.717) is 30.4 Å². The molecule has 7 nitrogen and oxygen atoms in total. The van der Waals surface area contributed by atoms with Crippen LogP contribution in [0.3, 0.4) is 0 Å². The molecule has 1 saturated heterocycles. The molecule has 1 fully saturated rings. The van der Waals surface area contributed by atoms with Gasteiger partial charge in [0.2, 0.25) is 11.8 Å². The Kier molecular flexibility index (Phi) is 4.58. The van der Waals surface area contributed by atoms with E-state index in [1.54, 1.807) is 24.5 Å². The third-order valence-electron chi connectivity index (χ3n) is 4.80. The van der Waals surface area contributed by atoms with Gasteiger partial charge in [0, 0.05) is 50.8 Å². The first-order valence-corrected chi connectivity index (χ1v) is 8.92. The van der Waals surface area contributed by atoms with Crippen LogP contribution in [-0.4, -0.2) is 53.2 Å². The van der Waals surface area contributed by atoms with Gasteiger partial charge >= 0.3 is 0 Å². The molecule has 3 aromatic rings. The molecule has 0 saturated carbocycles. The van der Waals surface area contributed by atoms with Gasteiger partial charge in [0.05, 0.1) is 11.5 Å². The van der Waals surface area contributed by atoms with Crippen LogP contribution in [0.4, 0.5) is 5.69 Å². The number of rotatable bonds is 4. The molecular weight excluding hydrogens is 342 g/mol. The second kappa shape index (κ2) is 7.19. The van der Waals surface area contributed by atoms with E-state index >= 15 is 0 Å². The highest BCUT2D eigenvalue weighted by atomic mass is 16.4. The van der Waals surface area contributed by atoms with Gasteiger partial charge in [-0.25, -0.2) is 0 Å². The molecule has 1 aromatic carbocycles. The van der Waals surface area contributed by atoms with Crippen LogP contribution < -0.4 is 4.90 Å². The Balaban J connectivity index is 1.45. The molecule has 0 N–H and O–H groups in total. The molecular formula is C20H21N5O2. The van der Waals surface area contributed by atoms with Crippen LogP contribution >= 0.6 is 0 Å². The Morgan fingerprint density at radius 2 is 2.00 bits per heavy atom. The van der Waals surface area contributed by atoms with Gasteiger partial charge < -0.3 is 14.2 Å². The van der Waals surface area contributed by atoms with E-state index in [2.05, 4.69) is 15.2 Å². The fourth-order valence-electron chi connectivity index (χ4n) is 3.24. The van der Waals surface area contributed by atoms with Crippen LogP contribution in [0, 0.1) is 0 Å². The van der Waals surface area contributed by atoms with Crippen LogP contribution in [0.1, 0.15) is 28.6 Å². The normalized spacial score (nSPS) is 16.5. The van der Waals surface area contributed by atoms with Crippen LogP contribution in [0.2, 0.25) is 0 Å². The zero-order valence-electron chi connectivity index (χ0n) is 15.4. The first kappa shape index (κ1) is 17.2. The van der Waals surface area contributed by atoms with Crippen molar-refractivity contribution in [2.45, 2.75) is 12.3 Å². The predicted molar refractivity (Wildman–Crippen MR) is 102 cm³/mol. The number of benzene rings is 1. The summed E-state index contributed by atoms with van der Waals surface area (Å²) in [6.45, 7) is 1.25. The number of hydrogen-bond donors (Lipinski definition) is 0. The van der Waals surface area contributed by atoms with Crippen molar-refractivity contribution in [3.63, 3.8) is 0 Å². The number of carbonyl (C=O) groups excluding carboxylic acids is 1. The van der Waals surface area contributed by atoms with Gasteiger partial charge in [-0.2, -0.15) is 0 Å². The Hall–Kier alpha value is -3.22. The molecule has 3 heterocycles. The van der Waals surface area contributed by atoms with E-state index in [9.17, 15) is 4.79 Å². The van der Waals surface area contributed by atoms with Crippen LogP contribution in [0.25, 0.3) is 11.5 Å². The Morgan fingerprint density at radius 1 is 1.19 bits per heavy atom. The zero-order valence-corrected chi connectivity index (χ0v) is 15.4. The quantitative estimate of drug-likeness (QED) is 0.709. The summed E-state index contributed by atoms with van der Waals surface area (Å²) in [4.78, 5) is 20.4. The molecule has 1 aliphatic heterocycles. The Labute approximate surface area is 157 Å². The molecule has 1 amide bonds. The molecule has 7 heteroatoms. The van der Waals surface area contributed by atoms with Gasteiger partial charge in [0.25, 0.3) is 5.91 Å². The van der Waals surface area contributed by atoms with E-state index in [1.165, 1.54) is 0 Å². The molecule has 2 aromatic heterocycles. The lowest BCUT2D eigenvalue weighted by Gasteiger charge is -2.15. The van der Waals surface area contributed by atoms with Crippen LogP contribution in [0.5, 0.6) is 0 Å². The van der Waals surface area contributed by atoms with E-state index in [1.807, 2.05) is 48.2 Å². The van der Waals surface area contributed by atoms with Gasteiger partial charge in [-0.3, -0.25) is 9.78 Å². The van der Waals surface area contributed by atoms with Crippen molar-refractivity contribution in [3.8, 4) is 11.5 Å². The summed E-state index contributed by atoms with van der Waals surface area (Å²) >= 11 is 0. The summed E-state index contributed by atoms with van der Waals surface area (Å²) in [5.41, 5.74) is 2.60. The topological polar surface area (TPSA) is 75.4 Å². The lowest BCUT2D eigenvalue weighted by atomic mass is 10.1. The third-order valence-corrected chi connectivity index (χ3v) is 4.80. The average Bonchev–Trinajstić information content (AvgIpc) is 3.38. The molecule has 27 heavy (non-hydrogen) atoms. The minimum atomic E-state index is -0.00962. The fraction of sp³-hybridized carbons (Fsp3) is 0.300. The Morgan fingerprint density at radius 3 is 2.70 bits per heavy atom. The molecule has 1 aliphatic rings. The van der Waals surface area contributed by atoms with E-state index in [0.717, 1.165) is 17.7 Å². The highest BCUT2D eigenvalue weighted by molar-refractivity contribution is 5.94. The van der Waals surface area contributed by atoms with Gasteiger partial charge in [-0.05, 0) is 42.8 Å². The van der Waals surface area contributed by atoms with Crippen molar-refractivity contribution in [3.05, 3.63) is 60.2 Å². The third kappa shape index (κ3) is 3.53. The minimum Gasteiger partial charge on any atom is -0.420 e. The van der Waals surface area contributed by atoms with Gasteiger partial charge in [0.1, 0.15) is 0 Å². The largest absolute Gasteiger partial charge is 0.420 e. The second-order valence-corrected chi connectivity index (χ2v) is 6.87. The number of carbonyl (C=O) groups is 1. The van der Waals surface area contributed by atoms with E-state index < -0.39 is 0 Å². The van der Waals surface area contributed by atoms with Gasteiger partial charge in [-0.15, -0.1) is 10.2 Å². The zero-order chi connectivity index (χ0) is 18.8. The second-order valence-electron chi connectivity index (χ2n) is 6.87. The monoisotopic (exact) mass is 363 g/mol. The number of nitrogens with zero attached hydrogens (tertiary/aromatic N) is 5. The van der Waals surface area contributed by atoms with E-state index in [-0.39, 0.29) is 11.8 Å². The molecule has 1 atom stereocenters. The fourth-order valence-corrected chi connectivity index (χ4v) is 3.24. The van der Waals surface area contributed by atoms with E-state index in [4.69, 9.17) is 4.42 Å². The van der Waals surface area contributed by atoms with Crippen LogP contribution in [0.15, 0.2) is 53.2 Å². The molecule has 0 aliphatic carbocycles. The van der Waals surface area contributed by atoms with Gasteiger partial charge in [0.15, 0.2) is 0 Å². The van der Waals surface area contributed by atoms with Crippen molar-refractivity contribution in [1.82, 2.24) is 20.1 Å². The van der Waals surface area contributed by atoms with Crippen LogP contribution in [-0.2, 0) is 0 Å². The highest BCUT2D eigenvalue weighted by Crippen LogP contribution is 2.30. The molecule has 1 unspecified atom stereocenters. The molecule has 0 radical (unpaired) electrons. The highest BCUT2D eigenvalue weighted by Gasteiger charge is 2.31. The number of aromatic nitrogens is 3. The summed E-state index contributed by atoms with van der Waals surface area (Å²) in [7, 11) is 4.00. The summed E-state index contributed by atoms with van der Waals surface area (Å²) in [6, 6.07) is 11.5. The number of likely N-dealkylation sites (tertiary alicyclic amines) is 1. The lowest BCUT2D eigenvalue weighted by Crippen LogP contribution is -2.28. The van der Waals surface area contributed by atoms with Crippen molar-refractivity contribution in [2.24, 2.45) is 0 Å². The number of amides is 1. The molecule has 138 valence electrons. The first-order valence-electron chi connectivity index (χ1n) is 8.92. The first-order chi connectivity index (χ1) is 13.1. The molecule has 4 rings (SSSR count). The van der Waals surface area contributed by atoms with Crippen molar-refractivity contribution < 1.29 is 9.21 Å². The van der Waals surface area contributed by atoms with Crippen molar-refractivity contribution >= 4 is 11.6 Å². The summed E-state index contributed by atoms with van der Waals surface area (Å²) in [5.74, 6) is 1.15. The number of hydrogen-bond acceptors (Lipinski definition) is 6. The smallest absolute Gasteiger partial charge is 0.255 e. The summed E-state index contributed by atoms with van der Waals surface area (Å²) in [6.07, 6.45) is 4.07. The standard InChI is InChI=1S/C20H21N5O2/c1-24(2)17-7-5-14(6-8-17)18-22-23-19(27-18)16-9-11-25(13-16)20(26)15-4-3-10-21-12-15/h3-8,10,12,16H,9,11,13H2,1-2H3. The number of pyridine rings is 1. The summed E-state index contributed by atoms with van der Waals surface area (Å²) < 4.78 is 5.90. The maximum atomic E-state index is 12.6. The SMILES string of the molecule is CN(C)c1ccc(-c2nnc(C3CCN(C(=O)c4cccnc4)C3)o2)cc1. The van der Waals surface area contributed by atoms with Crippen molar-refractivity contribution in [2.75, 3.05) is 32.1 Å². The van der Waals surface area contributed by atoms with Crippen molar-refractivity contribution in [1.29, 1.82) is 0 Å². The predicted octanol–water partition coefficient (Wildman–Crippen LogP) is 2.83. The maximum absolute atomic E-state index is 12.6. The summed E-state index contributed by atoms with van der Waals surface area (Å²) in [5, 5.41) is 8.41. The lowest BCUT2D eigenvalue weighted by molar-refractivity contribution is 0.0789. The Bertz CT molecular complexity index is 921. The average molecular weight is 363 g/mol. The molecule has 0 spiro atoms. The minimum absolute atomic E-state index is 0.00962. The maximum Gasteiger partial charge on any atom is 0.255 e. The van der Waals surface area contributed by atoms with Gasteiger partial charge in [-0.1, -0.05) is 0 Å². The number of anilines is 1. The molecule has 0 bridgehead atoms.